The number of nitrogens with one attached hydrogen (secondary N) is 1. The quantitative estimate of drug-likeness (QED) is 0.784. The molecule has 1 N–H and O–H groups in total. The number of hydrogen-bond acceptors (Lipinski definition) is 2. The molecule has 0 spiro atoms. The minimum atomic E-state index is 0.993. The van der Waals surface area contributed by atoms with Crippen LogP contribution in [0.25, 0.3) is 0 Å². The van der Waals surface area contributed by atoms with Crippen LogP contribution in [0.15, 0.2) is 15.9 Å². The van der Waals surface area contributed by atoms with Gasteiger partial charge in [-0.15, -0.1) is 11.3 Å². The Hall–Kier alpha value is -0.0200. The van der Waals surface area contributed by atoms with Gasteiger partial charge in [0.1, 0.15) is 0 Å². The third-order valence-corrected chi connectivity index (χ3v) is 2.51. The summed E-state index contributed by atoms with van der Waals surface area (Å²) in [6.45, 7) is 3.08. The van der Waals surface area contributed by atoms with Crippen molar-refractivity contribution in [2.75, 3.05) is 11.9 Å². The van der Waals surface area contributed by atoms with Gasteiger partial charge in [-0.2, -0.15) is 0 Å². The van der Waals surface area contributed by atoms with Gasteiger partial charge >= 0.3 is 0 Å². The van der Waals surface area contributed by atoms with Crippen LogP contribution < -0.4 is 5.32 Å². The summed E-state index contributed by atoms with van der Waals surface area (Å²) >= 11 is 5.10. The maximum atomic E-state index is 3.38. The molecule has 1 aromatic rings. The van der Waals surface area contributed by atoms with Crippen molar-refractivity contribution in [3.8, 4) is 0 Å². The number of anilines is 1. The van der Waals surface area contributed by atoms with Gasteiger partial charge in [0.25, 0.3) is 0 Å². The summed E-state index contributed by atoms with van der Waals surface area (Å²) < 4.78 is 1.18. The van der Waals surface area contributed by atoms with E-state index in [1.165, 1.54) is 8.79 Å². The molecule has 0 amide bonds. The van der Waals surface area contributed by atoms with Crippen LogP contribution in [0.5, 0.6) is 0 Å². The van der Waals surface area contributed by atoms with Crippen LogP contribution in [0.4, 0.5) is 5.00 Å². The second-order valence-electron chi connectivity index (χ2n) is 1.63. The van der Waals surface area contributed by atoms with Crippen LogP contribution in [0.1, 0.15) is 6.92 Å². The molecule has 0 aromatic carbocycles. The molecule has 0 radical (unpaired) electrons. The Bertz CT molecular complexity index is 185. The average Bonchev–Trinajstić information content (AvgIpc) is 2.17. The van der Waals surface area contributed by atoms with Crippen molar-refractivity contribution < 1.29 is 0 Å². The summed E-state index contributed by atoms with van der Waals surface area (Å²) in [7, 11) is 0. The predicted octanol–water partition coefficient (Wildman–Crippen LogP) is 2.94. The average molecular weight is 206 g/mol. The zero-order valence-electron chi connectivity index (χ0n) is 5.15. The van der Waals surface area contributed by atoms with Crippen LogP contribution >= 0.6 is 27.3 Å². The van der Waals surface area contributed by atoms with Crippen molar-refractivity contribution in [3.63, 3.8) is 0 Å². The number of thiophene rings is 1. The number of hydrogen-bond donors (Lipinski definition) is 1. The van der Waals surface area contributed by atoms with E-state index in [0.29, 0.717) is 0 Å². The van der Waals surface area contributed by atoms with Crippen LogP contribution in [0, 0.1) is 0 Å². The van der Waals surface area contributed by atoms with E-state index in [1.54, 1.807) is 11.3 Å². The largest absolute Gasteiger partial charge is 0.377 e. The van der Waals surface area contributed by atoms with Crippen molar-refractivity contribution in [2.45, 2.75) is 6.92 Å². The van der Waals surface area contributed by atoms with Crippen LogP contribution in [-0.2, 0) is 0 Å². The van der Waals surface area contributed by atoms with E-state index < -0.39 is 0 Å². The van der Waals surface area contributed by atoms with Gasteiger partial charge in [-0.3, -0.25) is 0 Å². The van der Waals surface area contributed by atoms with Gasteiger partial charge < -0.3 is 5.32 Å². The predicted molar refractivity (Wildman–Crippen MR) is 46.2 cm³/mol. The van der Waals surface area contributed by atoms with Crippen LogP contribution in [0.3, 0.4) is 0 Å². The number of halogens is 1. The van der Waals surface area contributed by atoms with Gasteiger partial charge in [-0.25, -0.2) is 0 Å². The first-order valence-corrected chi connectivity index (χ1v) is 4.43. The van der Waals surface area contributed by atoms with Gasteiger partial charge in [0, 0.05) is 6.54 Å². The molecule has 0 atom stereocenters. The van der Waals surface area contributed by atoms with E-state index in [-0.39, 0.29) is 0 Å². The molecule has 0 aliphatic heterocycles. The topological polar surface area (TPSA) is 12.0 Å². The van der Waals surface area contributed by atoms with Crippen molar-refractivity contribution in [3.05, 3.63) is 15.9 Å². The second-order valence-corrected chi connectivity index (χ2v) is 4.10. The molecule has 9 heavy (non-hydrogen) atoms. The van der Waals surface area contributed by atoms with E-state index in [4.69, 9.17) is 0 Å². The van der Waals surface area contributed by atoms with Gasteiger partial charge in [0.15, 0.2) is 0 Å². The number of rotatable bonds is 2. The molecule has 0 saturated heterocycles. The zero-order chi connectivity index (χ0) is 6.69. The summed E-state index contributed by atoms with van der Waals surface area (Å²) in [5, 5.41) is 4.44. The standard InChI is InChI=1S/C6H8BrNS/c1-2-8-6-4-3-5(7)9-6/h3-4,8H,2H2,1H3. The monoisotopic (exact) mass is 205 g/mol. The summed E-state index contributed by atoms with van der Waals surface area (Å²) in [4.78, 5) is 0. The fraction of sp³-hybridized carbons (Fsp3) is 0.333. The lowest BCUT2D eigenvalue weighted by Gasteiger charge is -1.93. The first-order chi connectivity index (χ1) is 4.33. The molecule has 1 aromatic heterocycles. The summed E-state index contributed by atoms with van der Waals surface area (Å²) in [6, 6.07) is 4.11. The maximum Gasteiger partial charge on any atom is 0.0894 e. The van der Waals surface area contributed by atoms with Gasteiger partial charge in [0.05, 0.1) is 8.79 Å². The van der Waals surface area contributed by atoms with E-state index in [1.807, 2.05) is 6.07 Å². The summed E-state index contributed by atoms with van der Waals surface area (Å²) in [6.07, 6.45) is 0. The molecule has 0 aliphatic carbocycles. The van der Waals surface area contributed by atoms with Crippen molar-refractivity contribution in [2.24, 2.45) is 0 Å². The van der Waals surface area contributed by atoms with Crippen molar-refractivity contribution in [1.82, 2.24) is 0 Å². The molecule has 1 nitrogen and oxygen atoms in total. The lowest BCUT2D eigenvalue weighted by molar-refractivity contribution is 1.23. The summed E-state index contributed by atoms with van der Waals surface area (Å²) in [5.41, 5.74) is 0. The van der Waals surface area contributed by atoms with Gasteiger partial charge in [-0.1, -0.05) is 0 Å². The lowest BCUT2D eigenvalue weighted by Crippen LogP contribution is -1.91. The second kappa shape index (κ2) is 3.22. The van der Waals surface area contributed by atoms with E-state index in [0.717, 1.165) is 6.54 Å². The highest BCUT2D eigenvalue weighted by atomic mass is 79.9. The Morgan fingerprint density at radius 2 is 2.44 bits per heavy atom. The Morgan fingerprint density at radius 3 is 2.89 bits per heavy atom. The highest BCUT2D eigenvalue weighted by molar-refractivity contribution is 9.11. The van der Waals surface area contributed by atoms with E-state index in [9.17, 15) is 0 Å². The molecular formula is C6H8BrNS. The highest BCUT2D eigenvalue weighted by Gasteiger charge is 1.92. The zero-order valence-corrected chi connectivity index (χ0v) is 7.55. The van der Waals surface area contributed by atoms with E-state index >= 15 is 0 Å². The molecule has 0 saturated carbocycles. The SMILES string of the molecule is CCNc1ccc(Br)s1. The molecule has 1 heterocycles. The molecule has 3 heteroatoms. The Balaban J connectivity index is 2.61. The van der Waals surface area contributed by atoms with E-state index in [2.05, 4.69) is 34.2 Å². The van der Waals surface area contributed by atoms with Crippen LogP contribution in [-0.4, -0.2) is 6.54 Å². The normalized spacial score (nSPS) is 9.56. The first kappa shape index (κ1) is 7.09. The lowest BCUT2D eigenvalue weighted by atomic mass is 10.6. The molecule has 0 aliphatic rings. The van der Waals surface area contributed by atoms with Gasteiger partial charge in [-0.05, 0) is 35.0 Å². The maximum absolute atomic E-state index is 3.38. The molecule has 1 rings (SSSR count). The molecule has 0 unspecified atom stereocenters. The molecule has 50 valence electrons. The minimum absolute atomic E-state index is 0.993. The molecule has 0 bridgehead atoms. The Kier molecular flexibility index (Phi) is 2.54. The van der Waals surface area contributed by atoms with Gasteiger partial charge in [0.2, 0.25) is 0 Å². The Labute approximate surface area is 67.2 Å². The third-order valence-electron chi connectivity index (χ3n) is 0.924. The highest BCUT2D eigenvalue weighted by Crippen LogP contribution is 2.25. The molecular weight excluding hydrogens is 198 g/mol. The van der Waals surface area contributed by atoms with Crippen LogP contribution in [0.2, 0.25) is 0 Å². The fourth-order valence-electron chi connectivity index (χ4n) is 0.584. The third kappa shape index (κ3) is 1.99. The smallest absolute Gasteiger partial charge is 0.0894 e. The molecule has 0 fully saturated rings. The minimum Gasteiger partial charge on any atom is -0.377 e. The van der Waals surface area contributed by atoms with Crippen molar-refractivity contribution >= 4 is 32.3 Å². The fourth-order valence-corrected chi connectivity index (χ4v) is 1.94. The Morgan fingerprint density at radius 1 is 1.67 bits per heavy atom. The van der Waals surface area contributed by atoms with Crippen molar-refractivity contribution in [1.29, 1.82) is 0 Å². The summed E-state index contributed by atoms with van der Waals surface area (Å²) in [5.74, 6) is 0. The first-order valence-electron chi connectivity index (χ1n) is 2.82.